The number of fused-ring (bicyclic) bond motifs is 1. The molecule has 3 amide bonds. The van der Waals surface area contributed by atoms with E-state index in [1.807, 2.05) is 43.7 Å². The molecule has 0 unspecified atom stereocenters. The number of benzene rings is 1. The Labute approximate surface area is 162 Å². The maximum atomic E-state index is 12.8. The fraction of sp³-hybridized carbons (Fsp3) is 0.300. The van der Waals surface area contributed by atoms with E-state index in [2.05, 4.69) is 20.7 Å². The SMILES string of the molecule is Cc1nc2c(cnn2C(C)C)cc1C(=O)Nc1ccc(N2CCNC2=O)cc1. The average Bonchev–Trinajstić information content (AvgIpc) is 3.27. The standard InChI is InChI=1S/C20H22N6O2/c1-12(2)26-18-14(11-22-26)10-17(13(3)23-18)19(27)24-15-4-6-16(7-5-15)25-9-8-21-20(25)28/h4-7,10-12H,8-9H2,1-3H3,(H,21,28)(H,24,27). The third kappa shape index (κ3) is 3.17. The summed E-state index contributed by atoms with van der Waals surface area (Å²) in [5.41, 5.74) is 3.40. The minimum absolute atomic E-state index is 0.103. The van der Waals surface area contributed by atoms with Crippen molar-refractivity contribution in [3.05, 3.63) is 47.8 Å². The second-order valence-electron chi connectivity index (χ2n) is 7.10. The minimum Gasteiger partial charge on any atom is -0.336 e. The topological polar surface area (TPSA) is 92.2 Å². The van der Waals surface area contributed by atoms with Gasteiger partial charge < -0.3 is 10.6 Å². The summed E-state index contributed by atoms with van der Waals surface area (Å²) < 4.78 is 1.84. The van der Waals surface area contributed by atoms with Gasteiger partial charge >= 0.3 is 6.03 Å². The van der Waals surface area contributed by atoms with Gasteiger partial charge in [-0.05, 0) is 51.1 Å². The van der Waals surface area contributed by atoms with Gasteiger partial charge in [0, 0.05) is 35.9 Å². The zero-order chi connectivity index (χ0) is 19.8. The van der Waals surface area contributed by atoms with Gasteiger partial charge in [0.15, 0.2) is 5.65 Å². The van der Waals surface area contributed by atoms with Crippen molar-refractivity contribution in [2.75, 3.05) is 23.3 Å². The molecule has 0 saturated carbocycles. The van der Waals surface area contributed by atoms with Crippen LogP contribution in [0.4, 0.5) is 16.2 Å². The summed E-state index contributed by atoms with van der Waals surface area (Å²) in [6, 6.07) is 9.13. The van der Waals surface area contributed by atoms with Crippen LogP contribution in [0, 0.1) is 6.92 Å². The smallest absolute Gasteiger partial charge is 0.321 e. The molecule has 1 fully saturated rings. The van der Waals surface area contributed by atoms with Gasteiger partial charge in [0.1, 0.15) is 0 Å². The summed E-state index contributed by atoms with van der Waals surface area (Å²) in [6.45, 7) is 7.18. The highest BCUT2D eigenvalue weighted by Crippen LogP contribution is 2.22. The van der Waals surface area contributed by atoms with Gasteiger partial charge in [0.2, 0.25) is 0 Å². The van der Waals surface area contributed by atoms with Crippen LogP contribution in [0.1, 0.15) is 35.9 Å². The van der Waals surface area contributed by atoms with Crippen LogP contribution in [0.3, 0.4) is 0 Å². The minimum atomic E-state index is -0.226. The first-order valence-electron chi connectivity index (χ1n) is 9.25. The van der Waals surface area contributed by atoms with Gasteiger partial charge in [-0.3, -0.25) is 9.69 Å². The lowest BCUT2D eigenvalue weighted by molar-refractivity contribution is 0.102. The van der Waals surface area contributed by atoms with Crippen LogP contribution >= 0.6 is 0 Å². The van der Waals surface area contributed by atoms with Gasteiger partial charge in [-0.1, -0.05) is 0 Å². The molecule has 1 saturated heterocycles. The Morgan fingerprint density at radius 1 is 1.25 bits per heavy atom. The number of amides is 3. The van der Waals surface area contributed by atoms with Crippen LogP contribution < -0.4 is 15.5 Å². The van der Waals surface area contributed by atoms with E-state index in [-0.39, 0.29) is 18.0 Å². The first kappa shape index (κ1) is 18.0. The molecule has 144 valence electrons. The van der Waals surface area contributed by atoms with Crippen molar-refractivity contribution in [2.24, 2.45) is 0 Å². The van der Waals surface area contributed by atoms with E-state index in [1.165, 1.54) is 0 Å². The number of carbonyl (C=O) groups is 2. The van der Waals surface area contributed by atoms with Crippen molar-refractivity contribution in [3.8, 4) is 0 Å². The number of nitrogens with zero attached hydrogens (tertiary/aromatic N) is 4. The van der Waals surface area contributed by atoms with Crippen molar-refractivity contribution < 1.29 is 9.59 Å². The number of nitrogens with one attached hydrogen (secondary N) is 2. The first-order valence-corrected chi connectivity index (χ1v) is 9.25. The van der Waals surface area contributed by atoms with E-state index < -0.39 is 0 Å². The van der Waals surface area contributed by atoms with Crippen LogP contribution in [0.2, 0.25) is 0 Å². The second-order valence-corrected chi connectivity index (χ2v) is 7.10. The normalized spacial score (nSPS) is 14.0. The Bertz CT molecular complexity index is 1050. The summed E-state index contributed by atoms with van der Waals surface area (Å²) in [4.78, 5) is 30.8. The molecular weight excluding hydrogens is 356 g/mol. The Hall–Kier alpha value is -3.42. The number of anilines is 2. The maximum Gasteiger partial charge on any atom is 0.321 e. The molecule has 0 bridgehead atoms. The number of urea groups is 1. The number of pyridine rings is 1. The summed E-state index contributed by atoms with van der Waals surface area (Å²) in [6.07, 6.45) is 1.73. The Balaban J connectivity index is 1.55. The molecule has 1 aromatic carbocycles. The van der Waals surface area contributed by atoms with E-state index >= 15 is 0 Å². The lowest BCUT2D eigenvalue weighted by atomic mass is 10.1. The highest BCUT2D eigenvalue weighted by atomic mass is 16.2. The van der Waals surface area contributed by atoms with E-state index in [4.69, 9.17) is 0 Å². The summed E-state index contributed by atoms with van der Waals surface area (Å²) in [5, 5.41) is 10.9. The van der Waals surface area contributed by atoms with Gasteiger partial charge in [-0.25, -0.2) is 14.5 Å². The van der Waals surface area contributed by atoms with Gasteiger partial charge in [-0.15, -0.1) is 0 Å². The summed E-state index contributed by atoms with van der Waals surface area (Å²) in [5.74, 6) is -0.226. The molecule has 1 aliphatic rings. The summed E-state index contributed by atoms with van der Waals surface area (Å²) in [7, 11) is 0. The number of rotatable bonds is 4. The number of hydrogen-bond donors (Lipinski definition) is 2. The van der Waals surface area contributed by atoms with E-state index in [0.717, 1.165) is 16.7 Å². The third-order valence-corrected chi connectivity index (χ3v) is 4.79. The van der Waals surface area contributed by atoms with Crippen molar-refractivity contribution in [3.63, 3.8) is 0 Å². The van der Waals surface area contributed by atoms with Crippen LogP contribution in [-0.2, 0) is 0 Å². The van der Waals surface area contributed by atoms with Crippen LogP contribution in [0.25, 0.3) is 11.0 Å². The zero-order valence-electron chi connectivity index (χ0n) is 16.1. The molecule has 2 aromatic heterocycles. The molecule has 8 nitrogen and oxygen atoms in total. The molecule has 4 rings (SSSR count). The van der Waals surface area contributed by atoms with E-state index in [1.54, 1.807) is 23.2 Å². The lowest BCUT2D eigenvalue weighted by Gasteiger charge is -2.15. The molecule has 0 radical (unpaired) electrons. The fourth-order valence-electron chi connectivity index (χ4n) is 3.31. The highest BCUT2D eigenvalue weighted by molar-refractivity contribution is 6.06. The van der Waals surface area contributed by atoms with Crippen LogP contribution in [0.5, 0.6) is 0 Å². The molecular formula is C20H22N6O2. The predicted molar refractivity (Wildman–Crippen MR) is 108 cm³/mol. The molecule has 0 spiro atoms. The maximum absolute atomic E-state index is 12.8. The van der Waals surface area contributed by atoms with E-state index in [0.29, 0.717) is 30.0 Å². The highest BCUT2D eigenvalue weighted by Gasteiger charge is 2.21. The zero-order valence-corrected chi connectivity index (χ0v) is 16.1. The molecule has 28 heavy (non-hydrogen) atoms. The van der Waals surface area contributed by atoms with Crippen LogP contribution in [0.15, 0.2) is 36.5 Å². The quantitative estimate of drug-likeness (QED) is 0.730. The number of aromatic nitrogens is 3. The largest absolute Gasteiger partial charge is 0.336 e. The molecule has 0 aliphatic carbocycles. The molecule has 0 atom stereocenters. The van der Waals surface area contributed by atoms with E-state index in [9.17, 15) is 9.59 Å². The molecule has 2 N–H and O–H groups in total. The Morgan fingerprint density at radius 2 is 2.00 bits per heavy atom. The van der Waals surface area contributed by atoms with Gasteiger partial charge in [-0.2, -0.15) is 5.10 Å². The molecule has 8 heteroatoms. The molecule has 1 aliphatic heterocycles. The molecule has 3 aromatic rings. The fourth-order valence-corrected chi connectivity index (χ4v) is 3.31. The van der Waals surface area contributed by atoms with Crippen LogP contribution in [-0.4, -0.2) is 39.8 Å². The van der Waals surface area contributed by atoms with Crippen molar-refractivity contribution in [1.82, 2.24) is 20.1 Å². The Kier molecular flexibility index (Phi) is 4.46. The molecule has 3 heterocycles. The summed E-state index contributed by atoms with van der Waals surface area (Å²) >= 11 is 0. The average molecular weight is 378 g/mol. The van der Waals surface area contributed by atoms with Crippen molar-refractivity contribution in [2.45, 2.75) is 26.8 Å². The van der Waals surface area contributed by atoms with Crippen molar-refractivity contribution >= 4 is 34.3 Å². The second kappa shape index (κ2) is 6.95. The lowest BCUT2D eigenvalue weighted by Crippen LogP contribution is -2.27. The van der Waals surface area contributed by atoms with Gasteiger partial charge in [0.05, 0.1) is 17.5 Å². The number of aryl methyl sites for hydroxylation is 1. The number of hydrogen-bond acceptors (Lipinski definition) is 4. The van der Waals surface area contributed by atoms with Gasteiger partial charge in [0.25, 0.3) is 5.91 Å². The Morgan fingerprint density at radius 3 is 2.64 bits per heavy atom. The predicted octanol–water partition coefficient (Wildman–Crippen LogP) is 3.10. The third-order valence-electron chi connectivity index (χ3n) is 4.79. The first-order chi connectivity index (χ1) is 13.4. The monoisotopic (exact) mass is 378 g/mol. The number of carbonyl (C=O) groups excluding carboxylic acids is 2. The van der Waals surface area contributed by atoms with Crippen molar-refractivity contribution in [1.29, 1.82) is 0 Å².